The van der Waals surface area contributed by atoms with Gasteiger partial charge < -0.3 is 10.4 Å². The lowest BCUT2D eigenvalue weighted by molar-refractivity contribution is 0.152. The van der Waals surface area contributed by atoms with Crippen LogP contribution in [0.25, 0.3) is 0 Å². The fourth-order valence-corrected chi connectivity index (χ4v) is 3.57. The van der Waals surface area contributed by atoms with E-state index in [1.54, 1.807) is 11.3 Å². The van der Waals surface area contributed by atoms with Gasteiger partial charge in [0.25, 0.3) is 0 Å². The number of rotatable bonds is 4. The fraction of sp³-hybridized carbons (Fsp3) is 0.800. The minimum Gasteiger partial charge on any atom is -0.396 e. The molecular formula is C15H26N2OS. The van der Waals surface area contributed by atoms with Gasteiger partial charge in [-0.25, -0.2) is 4.98 Å². The van der Waals surface area contributed by atoms with Crippen LogP contribution in [-0.2, 0) is 12.0 Å². The zero-order chi connectivity index (χ0) is 13.9. The van der Waals surface area contributed by atoms with Crippen LogP contribution in [0, 0.1) is 5.92 Å². The van der Waals surface area contributed by atoms with Crippen LogP contribution in [0.1, 0.15) is 57.2 Å². The van der Waals surface area contributed by atoms with E-state index in [2.05, 4.69) is 31.5 Å². The molecule has 0 bridgehead atoms. The first kappa shape index (κ1) is 14.9. The van der Waals surface area contributed by atoms with E-state index in [1.165, 1.54) is 24.3 Å². The Morgan fingerprint density at radius 3 is 2.74 bits per heavy atom. The van der Waals surface area contributed by atoms with Crippen molar-refractivity contribution < 1.29 is 5.11 Å². The standard InChI is InChI=1S/C15H26N2OS/c1-15(2,3)14-17-12(10-19-14)8-16-13-7-5-4-6-11(13)9-18/h10-11,13,16,18H,4-9H2,1-3H3. The van der Waals surface area contributed by atoms with Gasteiger partial charge in [0.05, 0.1) is 10.7 Å². The maximum Gasteiger partial charge on any atom is 0.0982 e. The molecule has 0 saturated heterocycles. The monoisotopic (exact) mass is 282 g/mol. The molecule has 1 aromatic rings. The second-order valence-electron chi connectivity index (χ2n) is 6.61. The second-order valence-corrected chi connectivity index (χ2v) is 7.47. The van der Waals surface area contributed by atoms with E-state index in [0.29, 0.717) is 18.6 Å². The second kappa shape index (κ2) is 6.33. The molecule has 19 heavy (non-hydrogen) atoms. The number of aromatic nitrogens is 1. The van der Waals surface area contributed by atoms with Crippen LogP contribution in [0.4, 0.5) is 0 Å². The Bertz CT molecular complexity index is 397. The van der Waals surface area contributed by atoms with Gasteiger partial charge in [0.2, 0.25) is 0 Å². The first-order valence-electron chi connectivity index (χ1n) is 7.30. The highest BCUT2D eigenvalue weighted by atomic mass is 32.1. The minimum absolute atomic E-state index is 0.140. The van der Waals surface area contributed by atoms with Gasteiger partial charge in [0, 0.05) is 30.0 Å². The van der Waals surface area contributed by atoms with E-state index in [0.717, 1.165) is 18.7 Å². The molecule has 2 atom stereocenters. The van der Waals surface area contributed by atoms with E-state index >= 15 is 0 Å². The average Bonchev–Trinajstić information content (AvgIpc) is 2.85. The summed E-state index contributed by atoms with van der Waals surface area (Å²) in [4.78, 5) is 4.71. The lowest BCUT2D eigenvalue weighted by atomic mass is 9.85. The summed E-state index contributed by atoms with van der Waals surface area (Å²) in [7, 11) is 0. The van der Waals surface area contributed by atoms with Gasteiger partial charge in [-0.1, -0.05) is 33.6 Å². The van der Waals surface area contributed by atoms with Crippen LogP contribution in [0.5, 0.6) is 0 Å². The molecule has 2 N–H and O–H groups in total. The van der Waals surface area contributed by atoms with E-state index in [4.69, 9.17) is 4.98 Å². The third kappa shape index (κ3) is 4.01. The Hall–Kier alpha value is -0.450. The molecule has 1 aliphatic rings. The van der Waals surface area contributed by atoms with Crippen LogP contribution >= 0.6 is 11.3 Å². The number of hydrogen-bond donors (Lipinski definition) is 2. The Morgan fingerprint density at radius 2 is 2.11 bits per heavy atom. The van der Waals surface area contributed by atoms with Gasteiger partial charge in [-0.2, -0.15) is 0 Å². The summed E-state index contributed by atoms with van der Waals surface area (Å²) in [5.41, 5.74) is 1.28. The predicted molar refractivity (Wildman–Crippen MR) is 80.5 cm³/mol. The van der Waals surface area contributed by atoms with Crippen molar-refractivity contribution in [1.29, 1.82) is 0 Å². The number of thiazole rings is 1. The quantitative estimate of drug-likeness (QED) is 0.892. The molecule has 1 heterocycles. The molecule has 0 aromatic carbocycles. The third-order valence-electron chi connectivity index (χ3n) is 3.88. The Morgan fingerprint density at radius 1 is 1.37 bits per heavy atom. The maximum atomic E-state index is 9.42. The molecule has 3 nitrogen and oxygen atoms in total. The zero-order valence-corrected chi connectivity index (χ0v) is 13.1. The maximum absolute atomic E-state index is 9.42. The lowest BCUT2D eigenvalue weighted by Crippen LogP contribution is -2.39. The van der Waals surface area contributed by atoms with Gasteiger partial charge in [0.1, 0.15) is 0 Å². The van der Waals surface area contributed by atoms with Crippen molar-refractivity contribution in [2.24, 2.45) is 5.92 Å². The molecule has 2 rings (SSSR count). The summed E-state index contributed by atoms with van der Waals surface area (Å²) in [5.74, 6) is 0.425. The molecule has 108 valence electrons. The molecule has 4 heteroatoms. The Kier molecular flexibility index (Phi) is 4.98. The normalized spacial score (nSPS) is 24.6. The van der Waals surface area contributed by atoms with Crippen molar-refractivity contribution >= 4 is 11.3 Å². The summed E-state index contributed by atoms with van der Waals surface area (Å²) in [6, 6.07) is 0.457. The van der Waals surface area contributed by atoms with Crippen molar-refractivity contribution in [3.05, 3.63) is 16.1 Å². The van der Waals surface area contributed by atoms with Crippen LogP contribution in [0.3, 0.4) is 0 Å². The highest BCUT2D eigenvalue weighted by Gasteiger charge is 2.24. The van der Waals surface area contributed by atoms with Crippen molar-refractivity contribution in [1.82, 2.24) is 10.3 Å². The van der Waals surface area contributed by atoms with Crippen LogP contribution < -0.4 is 5.32 Å². The molecule has 0 aliphatic heterocycles. The van der Waals surface area contributed by atoms with Crippen molar-refractivity contribution in [2.45, 2.75) is 64.5 Å². The SMILES string of the molecule is CC(C)(C)c1nc(CNC2CCCCC2CO)cs1. The summed E-state index contributed by atoms with van der Waals surface area (Å²) >= 11 is 1.75. The minimum atomic E-state index is 0.140. The van der Waals surface area contributed by atoms with Crippen molar-refractivity contribution in [3.63, 3.8) is 0 Å². The van der Waals surface area contributed by atoms with Gasteiger partial charge in [0.15, 0.2) is 0 Å². The van der Waals surface area contributed by atoms with Gasteiger partial charge in [-0.15, -0.1) is 11.3 Å². The first-order chi connectivity index (χ1) is 9.00. The summed E-state index contributed by atoms with van der Waals surface area (Å²) in [6.45, 7) is 7.74. The lowest BCUT2D eigenvalue weighted by Gasteiger charge is -2.30. The number of nitrogens with zero attached hydrogens (tertiary/aromatic N) is 1. The molecule has 0 amide bonds. The number of nitrogens with one attached hydrogen (secondary N) is 1. The molecule has 1 fully saturated rings. The van der Waals surface area contributed by atoms with E-state index in [1.807, 2.05) is 0 Å². The van der Waals surface area contributed by atoms with Crippen LogP contribution in [-0.4, -0.2) is 22.7 Å². The van der Waals surface area contributed by atoms with E-state index in [-0.39, 0.29) is 5.41 Å². The van der Waals surface area contributed by atoms with Gasteiger partial charge >= 0.3 is 0 Å². The zero-order valence-electron chi connectivity index (χ0n) is 12.3. The average molecular weight is 282 g/mol. The summed E-state index contributed by atoms with van der Waals surface area (Å²) < 4.78 is 0. The molecule has 0 radical (unpaired) electrons. The van der Waals surface area contributed by atoms with E-state index < -0.39 is 0 Å². The number of hydrogen-bond acceptors (Lipinski definition) is 4. The highest BCUT2D eigenvalue weighted by molar-refractivity contribution is 7.09. The molecule has 1 aromatic heterocycles. The van der Waals surface area contributed by atoms with Gasteiger partial charge in [-0.05, 0) is 18.8 Å². The number of aliphatic hydroxyl groups excluding tert-OH is 1. The topological polar surface area (TPSA) is 45.2 Å². The Balaban J connectivity index is 1.89. The fourth-order valence-electron chi connectivity index (χ4n) is 2.66. The summed E-state index contributed by atoms with van der Waals surface area (Å²) in [6.07, 6.45) is 4.87. The molecule has 1 saturated carbocycles. The molecule has 2 unspecified atom stereocenters. The van der Waals surface area contributed by atoms with E-state index in [9.17, 15) is 5.11 Å². The molecule has 1 aliphatic carbocycles. The molecule has 0 spiro atoms. The highest BCUT2D eigenvalue weighted by Crippen LogP contribution is 2.27. The van der Waals surface area contributed by atoms with Crippen molar-refractivity contribution in [2.75, 3.05) is 6.61 Å². The molecular weight excluding hydrogens is 256 g/mol. The smallest absolute Gasteiger partial charge is 0.0982 e. The third-order valence-corrected chi connectivity index (χ3v) is 5.20. The van der Waals surface area contributed by atoms with Crippen molar-refractivity contribution in [3.8, 4) is 0 Å². The Labute approximate surface area is 120 Å². The van der Waals surface area contributed by atoms with Crippen LogP contribution in [0.2, 0.25) is 0 Å². The number of aliphatic hydroxyl groups is 1. The first-order valence-corrected chi connectivity index (χ1v) is 8.18. The van der Waals surface area contributed by atoms with Crippen LogP contribution in [0.15, 0.2) is 5.38 Å². The van der Waals surface area contributed by atoms with Gasteiger partial charge in [-0.3, -0.25) is 0 Å². The predicted octanol–water partition coefficient (Wildman–Crippen LogP) is 3.08. The largest absolute Gasteiger partial charge is 0.396 e. The summed E-state index contributed by atoms with van der Waals surface area (Å²) in [5, 5.41) is 16.4.